The number of carbonyl (C=O) groups is 3. The molecule has 44 heavy (non-hydrogen) atoms. The lowest BCUT2D eigenvalue weighted by molar-refractivity contribution is -0.153. The van der Waals surface area contributed by atoms with Gasteiger partial charge in [-0.1, -0.05) is 54.4 Å². The zero-order chi connectivity index (χ0) is 32.0. The largest absolute Gasteiger partial charge is 0.509 e. The first-order valence-electron chi connectivity index (χ1n) is 17.7. The molecule has 1 heterocycles. The summed E-state index contributed by atoms with van der Waals surface area (Å²) in [4.78, 5) is 37.1. The van der Waals surface area contributed by atoms with Crippen molar-refractivity contribution in [1.82, 2.24) is 0 Å². The summed E-state index contributed by atoms with van der Waals surface area (Å²) >= 11 is 0. The molecule has 5 aliphatic rings. The van der Waals surface area contributed by atoms with Crippen LogP contribution in [0.4, 0.5) is 4.79 Å². The normalized spacial score (nSPS) is 42.1. The van der Waals surface area contributed by atoms with Crippen LogP contribution >= 0.6 is 0 Å². The average molecular weight is 619 g/mol. The minimum atomic E-state index is -1.77. The first-order chi connectivity index (χ1) is 20.8. The molecule has 4 saturated carbocycles. The van der Waals surface area contributed by atoms with E-state index in [1.807, 2.05) is 0 Å². The zero-order valence-corrected chi connectivity index (χ0v) is 28.0. The van der Waals surface area contributed by atoms with Crippen molar-refractivity contribution in [3.8, 4) is 0 Å². The van der Waals surface area contributed by atoms with Crippen molar-refractivity contribution in [1.29, 1.82) is 0 Å². The number of hydrogen-bond donors (Lipinski definition) is 2. The summed E-state index contributed by atoms with van der Waals surface area (Å²) in [5, 5.41) is 18.8. The molecule has 8 heteroatoms. The van der Waals surface area contributed by atoms with Gasteiger partial charge in [0, 0.05) is 0 Å². The summed E-state index contributed by atoms with van der Waals surface area (Å²) in [6.45, 7) is 14.1. The first kappa shape index (κ1) is 33.7. The van der Waals surface area contributed by atoms with Crippen LogP contribution in [0.3, 0.4) is 0 Å². The lowest BCUT2D eigenvalue weighted by Gasteiger charge is -2.61. The third kappa shape index (κ3) is 6.08. The number of carbonyl (C=O) groups excluding carboxylic acids is 3. The summed E-state index contributed by atoms with van der Waals surface area (Å²) in [5.74, 6) is 4.11. The molecule has 2 N–H and O–H groups in total. The third-order valence-corrected chi connectivity index (χ3v) is 13.8. The fourth-order valence-electron chi connectivity index (χ4n) is 11.2. The monoisotopic (exact) mass is 618 g/mol. The summed E-state index contributed by atoms with van der Waals surface area (Å²) < 4.78 is 15.5. The third-order valence-electron chi connectivity index (χ3n) is 13.8. The van der Waals surface area contributed by atoms with Crippen molar-refractivity contribution >= 4 is 17.9 Å². The fourth-order valence-corrected chi connectivity index (χ4v) is 11.2. The van der Waals surface area contributed by atoms with E-state index in [1.165, 1.54) is 51.4 Å². The van der Waals surface area contributed by atoms with Crippen molar-refractivity contribution in [3.05, 3.63) is 0 Å². The minimum Gasteiger partial charge on any atom is -0.448 e. The molecule has 5 rings (SSSR count). The molecule has 13 atom stereocenters. The van der Waals surface area contributed by atoms with E-state index < -0.39 is 42.8 Å². The molecule has 5 fully saturated rings. The van der Waals surface area contributed by atoms with E-state index >= 15 is 0 Å². The van der Waals surface area contributed by atoms with E-state index in [1.54, 1.807) is 0 Å². The lowest BCUT2D eigenvalue weighted by atomic mass is 9.44. The second-order valence-electron chi connectivity index (χ2n) is 16.1. The van der Waals surface area contributed by atoms with E-state index in [-0.39, 0.29) is 11.5 Å². The SMILES string of the molecule is CCC(CC[C@H](C)[C@H]1CC[C@H]2[C@@H]3CC[C@H]4C[C@@H](OC(=O)OC5C(=O)OC(C(O)CO)C5=O)CC[C@]4(C)[C@H]3CC[C@]12C)C(C)C. The van der Waals surface area contributed by atoms with Gasteiger partial charge in [-0.3, -0.25) is 4.79 Å². The summed E-state index contributed by atoms with van der Waals surface area (Å²) in [5.41, 5.74) is 0.695. The first-order valence-corrected chi connectivity index (χ1v) is 17.7. The van der Waals surface area contributed by atoms with E-state index in [2.05, 4.69) is 41.5 Å². The maximum atomic E-state index is 12.6. The van der Waals surface area contributed by atoms with Gasteiger partial charge in [-0.2, -0.15) is 0 Å². The maximum absolute atomic E-state index is 12.6. The summed E-state index contributed by atoms with van der Waals surface area (Å²) in [6, 6.07) is 0. The smallest absolute Gasteiger partial charge is 0.448 e. The molecule has 0 aromatic carbocycles. The topological polar surface area (TPSA) is 119 Å². The van der Waals surface area contributed by atoms with E-state index in [4.69, 9.17) is 19.3 Å². The quantitative estimate of drug-likeness (QED) is 0.211. The van der Waals surface area contributed by atoms with Crippen LogP contribution in [0.2, 0.25) is 0 Å². The predicted molar refractivity (Wildman–Crippen MR) is 165 cm³/mol. The number of hydrogen-bond acceptors (Lipinski definition) is 8. The molecular weight excluding hydrogens is 560 g/mol. The second kappa shape index (κ2) is 13.2. The van der Waals surface area contributed by atoms with Crippen LogP contribution < -0.4 is 0 Å². The lowest BCUT2D eigenvalue weighted by Crippen LogP contribution is -2.54. The van der Waals surface area contributed by atoms with Gasteiger partial charge >= 0.3 is 12.1 Å². The molecule has 0 aromatic rings. The van der Waals surface area contributed by atoms with Gasteiger partial charge in [-0.05, 0) is 122 Å². The van der Waals surface area contributed by atoms with Crippen molar-refractivity contribution in [3.63, 3.8) is 0 Å². The minimum absolute atomic E-state index is 0.238. The molecule has 0 bridgehead atoms. The Morgan fingerprint density at radius 1 is 0.955 bits per heavy atom. The number of aliphatic hydroxyl groups excluding tert-OH is 2. The number of rotatable bonds is 10. The van der Waals surface area contributed by atoms with Crippen molar-refractivity contribution in [2.45, 2.75) is 143 Å². The number of Topliss-reactive ketones (excluding diaryl/α,β-unsaturated/α-hetero) is 1. The molecule has 0 radical (unpaired) electrons. The highest BCUT2D eigenvalue weighted by Gasteiger charge is 2.61. The number of ether oxygens (including phenoxy) is 3. The molecule has 4 unspecified atom stereocenters. The highest BCUT2D eigenvalue weighted by atomic mass is 16.7. The molecule has 0 spiro atoms. The Labute approximate surface area is 264 Å². The Balaban J connectivity index is 1.16. The molecule has 0 aromatic heterocycles. The van der Waals surface area contributed by atoms with Crippen LogP contribution in [0.15, 0.2) is 0 Å². The number of ketones is 1. The van der Waals surface area contributed by atoms with Gasteiger partial charge in [-0.15, -0.1) is 0 Å². The molecule has 0 amide bonds. The Bertz CT molecular complexity index is 1060. The Kier molecular flexibility index (Phi) is 10.1. The molecule has 250 valence electrons. The summed E-state index contributed by atoms with van der Waals surface area (Å²) in [7, 11) is 0. The number of aliphatic hydroxyl groups is 2. The van der Waals surface area contributed by atoms with Gasteiger partial charge in [0.15, 0.2) is 6.10 Å². The van der Waals surface area contributed by atoms with E-state index in [9.17, 15) is 19.5 Å². The highest BCUT2D eigenvalue weighted by Crippen LogP contribution is 2.68. The van der Waals surface area contributed by atoms with Gasteiger partial charge in [0.2, 0.25) is 5.78 Å². The van der Waals surface area contributed by atoms with Crippen LogP contribution in [0.5, 0.6) is 0 Å². The molecule has 1 saturated heterocycles. The van der Waals surface area contributed by atoms with E-state index in [0.717, 1.165) is 61.2 Å². The van der Waals surface area contributed by atoms with Gasteiger partial charge in [0.05, 0.1) is 6.61 Å². The number of esters is 1. The fraction of sp³-hybridized carbons (Fsp3) is 0.917. The van der Waals surface area contributed by atoms with Crippen molar-refractivity contribution in [2.24, 2.45) is 58.2 Å². The number of cyclic esters (lactones) is 1. The van der Waals surface area contributed by atoms with Gasteiger partial charge in [0.1, 0.15) is 12.2 Å². The molecule has 8 nitrogen and oxygen atoms in total. The van der Waals surface area contributed by atoms with Crippen LogP contribution in [0, 0.1) is 58.2 Å². The standard InChI is InChI=1S/C36H58O8/c1-7-22(20(2)3)9-8-21(4)26-12-13-27-25-11-10-23-18-24(14-16-35(23,5)28(25)15-17-36(26,27)6)42-34(41)44-32-30(39)31(29(38)19-37)43-33(32)40/h20-29,31-32,37-38H,7-19H2,1-6H3/t21-,22?,23-,24-,25-,26+,27-,28-,29?,31?,32?,35-,36+/m0/s1. The van der Waals surface area contributed by atoms with Crippen LogP contribution in [0.25, 0.3) is 0 Å². The second-order valence-corrected chi connectivity index (χ2v) is 16.1. The van der Waals surface area contributed by atoms with Gasteiger partial charge in [0.25, 0.3) is 6.10 Å². The van der Waals surface area contributed by atoms with Crippen LogP contribution in [0.1, 0.15) is 119 Å². The Hall–Kier alpha value is -1.67. The Morgan fingerprint density at radius 3 is 2.34 bits per heavy atom. The van der Waals surface area contributed by atoms with E-state index in [0.29, 0.717) is 17.3 Å². The molecule has 4 aliphatic carbocycles. The number of fused-ring (bicyclic) bond motifs is 5. The maximum Gasteiger partial charge on any atom is 0.509 e. The zero-order valence-electron chi connectivity index (χ0n) is 28.0. The van der Waals surface area contributed by atoms with Gasteiger partial charge < -0.3 is 24.4 Å². The van der Waals surface area contributed by atoms with Crippen LogP contribution in [-0.4, -0.2) is 59.1 Å². The average Bonchev–Trinajstić information content (AvgIpc) is 3.48. The predicted octanol–water partition coefficient (Wildman–Crippen LogP) is 6.48. The Morgan fingerprint density at radius 2 is 1.66 bits per heavy atom. The van der Waals surface area contributed by atoms with Crippen molar-refractivity contribution < 1.29 is 38.8 Å². The van der Waals surface area contributed by atoms with Crippen LogP contribution in [-0.2, 0) is 23.8 Å². The highest BCUT2D eigenvalue weighted by molar-refractivity contribution is 6.10. The van der Waals surface area contributed by atoms with Crippen molar-refractivity contribution in [2.75, 3.05) is 6.61 Å². The molecular formula is C36H58O8. The van der Waals surface area contributed by atoms with Gasteiger partial charge in [-0.25, -0.2) is 9.59 Å². The molecule has 1 aliphatic heterocycles. The summed E-state index contributed by atoms with van der Waals surface area (Å²) in [6.07, 6.45) is 8.13.